The van der Waals surface area contributed by atoms with Crippen molar-refractivity contribution in [2.24, 2.45) is 3.77 Å². The normalized spacial score (nSPS) is 20.2. The quantitative estimate of drug-likeness (QED) is 0.800. The van der Waals surface area contributed by atoms with E-state index in [2.05, 4.69) is 24.7 Å². The van der Waals surface area contributed by atoms with Gasteiger partial charge in [0.05, 0.1) is 0 Å². The van der Waals surface area contributed by atoms with Crippen LogP contribution < -0.4 is 0 Å². The lowest BCUT2D eigenvalue weighted by atomic mass is 10.4. The molecule has 0 saturated carbocycles. The maximum Gasteiger partial charge on any atom is 0.291 e. The Morgan fingerprint density at radius 2 is 1.83 bits per heavy atom. The minimum atomic E-state index is -3.55. The minimum Gasteiger partial charge on any atom is -0.263 e. The molecule has 3 rings (SSSR count). The van der Waals surface area contributed by atoms with Crippen molar-refractivity contribution in [2.75, 3.05) is 0 Å². The van der Waals surface area contributed by atoms with Crippen molar-refractivity contribution in [3.8, 4) is 0 Å². The molecule has 1 aromatic carbocycles. The highest BCUT2D eigenvalue weighted by Gasteiger charge is 2.28. The average molecular weight is 343 g/mol. The summed E-state index contributed by atoms with van der Waals surface area (Å²) in [5.74, 6) is 0. The van der Waals surface area contributed by atoms with Gasteiger partial charge in [-0.3, -0.25) is 4.98 Å². The Labute approximate surface area is 115 Å². The van der Waals surface area contributed by atoms with Gasteiger partial charge in [0, 0.05) is 26.7 Å². The monoisotopic (exact) mass is 342 g/mol. The highest BCUT2D eigenvalue weighted by molar-refractivity contribution is 9.10. The first-order valence-electron chi connectivity index (χ1n) is 5.00. The van der Waals surface area contributed by atoms with Gasteiger partial charge < -0.3 is 0 Å². The number of hydrogen-bond acceptors (Lipinski definition) is 3. The largest absolute Gasteiger partial charge is 0.291 e. The number of rotatable bonds is 1. The van der Waals surface area contributed by atoms with Gasteiger partial charge in [0.25, 0.3) is 10.0 Å². The lowest BCUT2D eigenvalue weighted by Gasteiger charge is -2.02. The molecule has 0 amide bonds. The third-order valence-electron chi connectivity index (χ3n) is 2.44. The Morgan fingerprint density at radius 3 is 2.56 bits per heavy atom. The lowest BCUT2D eigenvalue weighted by molar-refractivity contribution is 0.597. The molecule has 0 aliphatic carbocycles. The molecular formula is C11H7BrN2O2S2. The fourth-order valence-corrected chi connectivity index (χ4v) is 5.82. The zero-order valence-corrected chi connectivity index (χ0v) is 12.2. The van der Waals surface area contributed by atoms with Gasteiger partial charge in [0.15, 0.2) is 0 Å². The summed E-state index contributed by atoms with van der Waals surface area (Å²) in [4.78, 5) is 5.67. The highest BCUT2D eigenvalue weighted by Crippen LogP contribution is 2.33. The van der Waals surface area contributed by atoms with Crippen LogP contribution in [-0.4, -0.2) is 13.4 Å². The van der Waals surface area contributed by atoms with Crippen molar-refractivity contribution in [1.82, 2.24) is 4.98 Å². The van der Waals surface area contributed by atoms with Crippen molar-refractivity contribution in [3.05, 3.63) is 47.2 Å². The summed E-state index contributed by atoms with van der Waals surface area (Å²) in [6.45, 7) is 0. The predicted octanol–water partition coefficient (Wildman–Crippen LogP) is 2.77. The van der Waals surface area contributed by atoms with Gasteiger partial charge in [-0.15, -0.1) is 3.77 Å². The van der Waals surface area contributed by atoms with Gasteiger partial charge in [0.1, 0.15) is 4.90 Å². The highest BCUT2D eigenvalue weighted by atomic mass is 79.9. The molecule has 2 heterocycles. The fraction of sp³-hybridized carbons (Fsp3) is 0. The summed E-state index contributed by atoms with van der Waals surface area (Å²) < 4.78 is 28.7. The molecular weight excluding hydrogens is 336 g/mol. The summed E-state index contributed by atoms with van der Waals surface area (Å²) in [6.07, 6.45) is 2.95. The van der Waals surface area contributed by atoms with Gasteiger partial charge in [-0.2, -0.15) is 8.42 Å². The van der Waals surface area contributed by atoms with Crippen LogP contribution in [0.1, 0.15) is 0 Å². The van der Waals surface area contributed by atoms with Crippen LogP contribution in [0.4, 0.5) is 0 Å². The van der Waals surface area contributed by atoms with E-state index in [-0.39, 0.29) is 4.90 Å². The maximum atomic E-state index is 11.9. The summed E-state index contributed by atoms with van der Waals surface area (Å²) in [5.41, 5.74) is 0. The van der Waals surface area contributed by atoms with Gasteiger partial charge in [-0.25, -0.2) is 0 Å². The molecule has 1 unspecified atom stereocenters. The molecule has 1 atom stereocenters. The van der Waals surface area contributed by atoms with Crippen molar-refractivity contribution >= 4 is 36.6 Å². The molecule has 0 N–H and O–H groups in total. The zero-order chi connectivity index (χ0) is 12.8. The molecule has 7 heteroatoms. The molecule has 92 valence electrons. The predicted molar refractivity (Wildman–Crippen MR) is 71.9 cm³/mol. The zero-order valence-electron chi connectivity index (χ0n) is 8.95. The third kappa shape index (κ3) is 1.92. The van der Waals surface area contributed by atoms with Crippen LogP contribution in [0.15, 0.2) is 65.7 Å². The van der Waals surface area contributed by atoms with Gasteiger partial charge in [-0.05, 0) is 41.0 Å². The molecule has 0 saturated heterocycles. The second-order valence-corrected chi connectivity index (χ2v) is 7.99. The summed E-state index contributed by atoms with van der Waals surface area (Å²) >= 11 is 3.35. The van der Waals surface area contributed by atoms with Crippen LogP contribution in [0.25, 0.3) is 0 Å². The first-order chi connectivity index (χ1) is 8.58. The lowest BCUT2D eigenvalue weighted by Crippen LogP contribution is -1.93. The Kier molecular flexibility index (Phi) is 2.84. The molecule has 1 aliphatic rings. The van der Waals surface area contributed by atoms with Crippen molar-refractivity contribution in [1.29, 1.82) is 0 Å². The number of fused-ring (bicyclic) bond motifs is 1. The van der Waals surface area contributed by atoms with E-state index in [1.54, 1.807) is 12.3 Å². The molecule has 2 aromatic rings. The van der Waals surface area contributed by atoms with Crippen LogP contribution >= 0.6 is 15.9 Å². The smallest absolute Gasteiger partial charge is 0.263 e. The second-order valence-electron chi connectivity index (χ2n) is 3.61. The van der Waals surface area contributed by atoms with Crippen LogP contribution in [0, 0.1) is 0 Å². The molecule has 1 aliphatic heterocycles. The van der Waals surface area contributed by atoms with Crippen LogP contribution in [0.5, 0.6) is 0 Å². The van der Waals surface area contributed by atoms with E-state index in [0.717, 1.165) is 9.37 Å². The maximum absolute atomic E-state index is 11.9. The van der Waals surface area contributed by atoms with E-state index < -0.39 is 20.7 Å². The topological polar surface area (TPSA) is 59.4 Å². The van der Waals surface area contributed by atoms with Crippen LogP contribution in [0.3, 0.4) is 0 Å². The van der Waals surface area contributed by atoms with Gasteiger partial charge in [-0.1, -0.05) is 15.9 Å². The number of aromatic nitrogens is 1. The third-order valence-corrected chi connectivity index (χ3v) is 6.85. The van der Waals surface area contributed by atoms with E-state index in [9.17, 15) is 8.42 Å². The van der Waals surface area contributed by atoms with E-state index >= 15 is 0 Å². The van der Waals surface area contributed by atoms with Crippen molar-refractivity contribution in [2.45, 2.75) is 14.7 Å². The Morgan fingerprint density at radius 1 is 1.11 bits per heavy atom. The fourth-order valence-electron chi connectivity index (χ4n) is 1.63. The van der Waals surface area contributed by atoms with E-state index in [0.29, 0.717) is 4.90 Å². The summed E-state index contributed by atoms with van der Waals surface area (Å²) in [5, 5.41) is 0. The van der Waals surface area contributed by atoms with E-state index in [1.807, 2.05) is 24.3 Å². The molecule has 18 heavy (non-hydrogen) atoms. The first-order valence-corrected chi connectivity index (χ1v) is 8.41. The van der Waals surface area contributed by atoms with Gasteiger partial charge in [0.2, 0.25) is 0 Å². The Bertz CT molecular complexity index is 755. The SMILES string of the molecule is O=S1(=O)N=S(c2ccc(Br)cc2)c2ccncc21. The Hall–Kier alpha value is -1.05. The standard InChI is InChI=1S/C11H7BrN2O2S2/c12-8-1-3-9(4-2-8)17-10-5-6-13-7-11(10)18(15,16)14-17/h1-7H. The minimum absolute atomic E-state index is 0.219. The van der Waals surface area contributed by atoms with Crippen LogP contribution in [0.2, 0.25) is 0 Å². The Balaban J connectivity index is 2.24. The van der Waals surface area contributed by atoms with Gasteiger partial charge >= 0.3 is 0 Å². The molecule has 0 bridgehead atoms. The average Bonchev–Trinajstić information content (AvgIpc) is 2.63. The number of benzene rings is 1. The van der Waals surface area contributed by atoms with E-state index in [1.165, 1.54) is 6.20 Å². The number of nitrogens with zero attached hydrogens (tertiary/aromatic N) is 2. The number of sulfonamides is 1. The summed E-state index contributed by atoms with van der Waals surface area (Å²) in [6, 6.07) is 9.23. The van der Waals surface area contributed by atoms with Crippen molar-refractivity contribution < 1.29 is 8.42 Å². The number of halogens is 1. The molecule has 0 fully saturated rings. The molecule has 0 spiro atoms. The first kappa shape index (κ1) is 12.0. The molecule has 4 nitrogen and oxygen atoms in total. The summed E-state index contributed by atoms with van der Waals surface area (Å²) in [7, 11) is -4.32. The molecule has 1 aromatic heterocycles. The molecule has 0 radical (unpaired) electrons. The number of hydrogen-bond donors (Lipinski definition) is 0. The van der Waals surface area contributed by atoms with E-state index in [4.69, 9.17) is 0 Å². The van der Waals surface area contributed by atoms with Crippen LogP contribution in [-0.2, 0) is 20.7 Å². The number of pyridine rings is 1. The second kappa shape index (κ2) is 4.25. The van der Waals surface area contributed by atoms with Crippen molar-refractivity contribution in [3.63, 3.8) is 0 Å².